The van der Waals surface area contributed by atoms with Gasteiger partial charge in [0.25, 0.3) is 5.91 Å². The lowest BCUT2D eigenvalue weighted by molar-refractivity contribution is -0.137. The molecule has 0 bridgehead atoms. The highest BCUT2D eigenvalue weighted by atomic mass is 19.1. The first-order chi connectivity index (χ1) is 17.4. The van der Waals surface area contributed by atoms with Gasteiger partial charge in [-0.1, -0.05) is 0 Å². The van der Waals surface area contributed by atoms with Crippen molar-refractivity contribution in [3.8, 4) is 17.0 Å². The number of hydrogen-bond acceptors (Lipinski definition) is 7. The summed E-state index contributed by atoms with van der Waals surface area (Å²) in [7, 11) is 0. The summed E-state index contributed by atoms with van der Waals surface area (Å²) in [6.07, 6.45) is 2.92. The van der Waals surface area contributed by atoms with E-state index in [1.54, 1.807) is 13.0 Å². The van der Waals surface area contributed by atoms with Crippen molar-refractivity contribution in [3.05, 3.63) is 41.6 Å². The molecule has 0 spiro atoms. The number of halogens is 1. The topological polar surface area (TPSA) is 141 Å². The summed E-state index contributed by atoms with van der Waals surface area (Å²) in [5.74, 6) is -0.307. The monoisotopic (exact) mass is 497 g/mol. The maximum Gasteiger partial charge on any atom is 0.255 e. The second-order valence-corrected chi connectivity index (χ2v) is 9.40. The number of carbonyl (C=O) groups is 2. The van der Waals surface area contributed by atoms with Crippen LogP contribution in [-0.4, -0.2) is 80.3 Å². The number of piperidine rings is 1. The van der Waals surface area contributed by atoms with Gasteiger partial charge in [0, 0.05) is 24.3 Å². The number of hydrogen-bond donors (Lipinski definition) is 4. The number of nitrogens with one attached hydrogen (secondary N) is 2. The Labute approximate surface area is 206 Å². The molecule has 1 aromatic carbocycles. The second-order valence-electron chi connectivity index (χ2n) is 9.40. The molecule has 1 saturated heterocycles. The van der Waals surface area contributed by atoms with Crippen molar-refractivity contribution in [3.63, 3.8) is 0 Å². The third kappa shape index (κ3) is 4.76. The molecule has 2 aromatic heterocycles. The van der Waals surface area contributed by atoms with Crippen LogP contribution in [0.1, 0.15) is 35.3 Å². The number of likely N-dealkylation sites (tertiary alicyclic amines) is 1. The Morgan fingerprint density at radius 2 is 2.08 bits per heavy atom. The van der Waals surface area contributed by atoms with Gasteiger partial charge in [-0.2, -0.15) is 0 Å². The minimum atomic E-state index is -0.979. The molecule has 0 unspecified atom stereocenters. The molecule has 2 fully saturated rings. The van der Waals surface area contributed by atoms with Crippen molar-refractivity contribution >= 4 is 22.8 Å². The number of fused-ring (bicyclic) bond motifs is 1. The van der Waals surface area contributed by atoms with E-state index in [9.17, 15) is 19.1 Å². The lowest BCUT2D eigenvalue weighted by Crippen LogP contribution is -2.55. The minimum absolute atomic E-state index is 0.0206. The summed E-state index contributed by atoms with van der Waals surface area (Å²) in [6, 6.07) is 3.71. The zero-order valence-electron chi connectivity index (χ0n) is 19.8. The fraction of sp³-hybridized carbons (Fsp3) is 0.440. The van der Waals surface area contributed by atoms with Crippen molar-refractivity contribution in [2.45, 2.75) is 38.3 Å². The summed E-state index contributed by atoms with van der Waals surface area (Å²) < 4.78 is 20.2. The fourth-order valence-electron chi connectivity index (χ4n) is 4.58. The molecule has 4 N–H and O–H groups in total. The second kappa shape index (κ2) is 9.82. The zero-order valence-corrected chi connectivity index (χ0v) is 19.8. The molecule has 2 aliphatic rings. The molecule has 2 atom stereocenters. The first-order valence-corrected chi connectivity index (χ1v) is 12.0. The van der Waals surface area contributed by atoms with Gasteiger partial charge in [-0.3, -0.25) is 9.59 Å². The van der Waals surface area contributed by atoms with Crippen molar-refractivity contribution < 1.29 is 28.9 Å². The predicted molar refractivity (Wildman–Crippen MR) is 128 cm³/mol. The highest BCUT2D eigenvalue weighted by Crippen LogP contribution is 2.36. The summed E-state index contributed by atoms with van der Waals surface area (Å²) >= 11 is 0. The van der Waals surface area contributed by atoms with E-state index in [0.717, 1.165) is 12.8 Å². The highest BCUT2D eigenvalue weighted by molar-refractivity contribution is 6.09. The number of aromatic nitrogens is 3. The SMILES string of the molecule is Cc1[nH]c2c(-c3cc(F)ccc3OCC3CC3)ncnc2c1C(=O)N[C@@H]1CCN(C(=O)CO)C[C@H]1O. The fourth-order valence-corrected chi connectivity index (χ4v) is 4.58. The van der Waals surface area contributed by atoms with E-state index in [1.165, 1.54) is 23.4 Å². The number of aromatic amines is 1. The number of H-pyrrole nitrogens is 1. The number of β-amino-alcohol motifs (C(OH)–C–C–N with tert-alkyl or cyclic N) is 1. The van der Waals surface area contributed by atoms with E-state index >= 15 is 0 Å². The Kier molecular flexibility index (Phi) is 6.59. The molecule has 5 rings (SSSR count). The van der Waals surface area contributed by atoms with Crippen molar-refractivity contribution in [1.82, 2.24) is 25.2 Å². The number of nitrogens with zero attached hydrogens (tertiary/aromatic N) is 3. The lowest BCUT2D eigenvalue weighted by Gasteiger charge is -2.36. The average molecular weight is 498 g/mol. The molecular weight excluding hydrogens is 469 g/mol. The van der Waals surface area contributed by atoms with Gasteiger partial charge in [0.1, 0.15) is 35.7 Å². The third-order valence-electron chi connectivity index (χ3n) is 6.75. The molecule has 0 radical (unpaired) electrons. The number of aliphatic hydroxyl groups excluding tert-OH is 2. The summed E-state index contributed by atoms with van der Waals surface area (Å²) in [4.78, 5) is 38.2. The predicted octanol–water partition coefficient (Wildman–Crippen LogP) is 1.55. The Morgan fingerprint density at radius 3 is 2.81 bits per heavy atom. The number of aliphatic hydroxyl groups is 2. The van der Waals surface area contributed by atoms with Gasteiger partial charge < -0.3 is 30.2 Å². The Hall–Kier alpha value is -3.57. The van der Waals surface area contributed by atoms with E-state index in [0.29, 0.717) is 64.8 Å². The number of rotatable bonds is 7. The van der Waals surface area contributed by atoms with Gasteiger partial charge in [-0.25, -0.2) is 14.4 Å². The van der Waals surface area contributed by atoms with Crippen molar-refractivity contribution in [1.29, 1.82) is 0 Å². The van der Waals surface area contributed by atoms with E-state index in [-0.39, 0.29) is 6.54 Å². The Balaban J connectivity index is 1.42. The Morgan fingerprint density at radius 1 is 1.28 bits per heavy atom. The van der Waals surface area contributed by atoms with Gasteiger partial charge >= 0.3 is 0 Å². The van der Waals surface area contributed by atoms with Crippen LogP contribution in [0, 0.1) is 18.7 Å². The van der Waals surface area contributed by atoms with Gasteiger partial charge in [0.2, 0.25) is 5.91 Å². The number of benzene rings is 1. The average Bonchev–Trinajstić information content (AvgIpc) is 3.63. The van der Waals surface area contributed by atoms with Crippen LogP contribution in [0.5, 0.6) is 5.75 Å². The van der Waals surface area contributed by atoms with Crippen LogP contribution >= 0.6 is 0 Å². The van der Waals surface area contributed by atoms with E-state index in [1.807, 2.05) is 0 Å². The maximum atomic E-state index is 14.2. The molecular formula is C25H28FN5O5. The standard InChI is InChI=1S/C25H28FN5O5/c1-13-21(25(35)30-17-6-7-31(9-18(17)33)20(34)10-32)23-24(29-13)22(27-12-28-23)16-8-15(26)4-5-19(16)36-11-14-2-3-14/h4-5,8,12,14,17-18,29,32-33H,2-3,6-7,9-11H2,1H3,(H,30,35)/t17-,18-/m1/s1. The number of amides is 2. The van der Waals surface area contributed by atoms with Crippen LogP contribution in [0.15, 0.2) is 24.5 Å². The smallest absolute Gasteiger partial charge is 0.255 e. The van der Waals surface area contributed by atoms with E-state index in [2.05, 4.69) is 20.3 Å². The van der Waals surface area contributed by atoms with Crippen molar-refractivity contribution in [2.75, 3.05) is 26.3 Å². The number of carbonyl (C=O) groups excluding carboxylic acids is 2. The molecule has 3 aromatic rings. The molecule has 1 aliphatic carbocycles. The first kappa shape index (κ1) is 24.1. The van der Waals surface area contributed by atoms with Crippen LogP contribution < -0.4 is 10.1 Å². The lowest BCUT2D eigenvalue weighted by atomic mass is 10.0. The minimum Gasteiger partial charge on any atom is -0.493 e. The van der Waals surface area contributed by atoms with Crippen LogP contribution in [0.3, 0.4) is 0 Å². The molecule has 1 saturated carbocycles. The molecule has 190 valence electrons. The summed E-state index contributed by atoms with van der Waals surface area (Å²) in [5.41, 5.74) is 2.58. The van der Waals surface area contributed by atoms with Crippen LogP contribution in [0.2, 0.25) is 0 Å². The van der Waals surface area contributed by atoms with Crippen LogP contribution in [0.4, 0.5) is 4.39 Å². The summed E-state index contributed by atoms with van der Waals surface area (Å²) in [6.45, 7) is 1.99. The molecule has 1 aliphatic heterocycles. The van der Waals surface area contributed by atoms with E-state index < -0.39 is 36.4 Å². The molecule has 11 heteroatoms. The van der Waals surface area contributed by atoms with Crippen LogP contribution in [-0.2, 0) is 4.79 Å². The van der Waals surface area contributed by atoms with Crippen LogP contribution in [0.25, 0.3) is 22.3 Å². The largest absolute Gasteiger partial charge is 0.493 e. The number of ether oxygens (including phenoxy) is 1. The highest BCUT2D eigenvalue weighted by Gasteiger charge is 2.32. The number of aryl methyl sites for hydroxylation is 1. The van der Waals surface area contributed by atoms with Gasteiger partial charge in [0.05, 0.1) is 29.8 Å². The normalized spacial score (nSPS) is 19.9. The van der Waals surface area contributed by atoms with E-state index in [4.69, 9.17) is 9.84 Å². The molecule has 36 heavy (non-hydrogen) atoms. The quantitative estimate of drug-likeness (QED) is 0.388. The summed E-state index contributed by atoms with van der Waals surface area (Å²) in [5, 5.41) is 22.4. The molecule has 10 nitrogen and oxygen atoms in total. The van der Waals surface area contributed by atoms with Gasteiger partial charge in [-0.05, 0) is 50.3 Å². The molecule has 2 amide bonds. The molecule has 3 heterocycles. The maximum absolute atomic E-state index is 14.2. The van der Waals surface area contributed by atoms with Gasteiger partial charge in [0.15, 0.2) is 0 Å². The third-order valence-corrected chi connectivity index (χ3v) is 6.75. The first-order valence-electron chi connectivity index (χ1n) is 12.0. The zero-order chi connectivity index (χ0) is 25.4. The Bertz CT molecular complexity index is 1310. The van der Waals surface area contributed by atoms with Crippen molar-refractivity contribution in [2.24, 2.45) is 5.92 Å². The van der Waals surface area contributed by atoms with Gasteiger partial charge in [-0.15, -0.1) is 0 Å².